The lowest BCUT2D eigenvalue weighted by Gasteiger charge is -2.29. The summed E-state index contributed by atoms with van der Waals surface area (Å²) in [4.78, 5) is 11.6. The van der Waals surface area contributed by atoms with Gasteiger partial charge in [-0.05, 0) is 12.0 Å². The van der Waals surface area contributed by atoms with Gasteiger partial charge in [-0.1, -0.05) is 34.6 Å². The molecular weight excluding hydrogens is 256 g/mol. The average Bonchev–Trinajstić information content (AvgIpc) is 2.32. The number of ether oxygens (including phenoxy) is 1. The molecule has 5 heteroatoms. The molecule has 0 radical (unpaired) electrons. The van der Waals surface area contributed by atoms with E-state index >= 15 is 0 Å². The lowest BCUT2D eigenvalue weighted by molar-refractivity contribution is -0.124. The third-order valence-electron chi connectivity index (χ3n) is 2.91. The van der Waals surface area contributed by atoms with E-state index in [1.807, 2.05) is 13.8 Å². The van der Waals surface area contributed by atoms with Crippen molar-refractivity contribution in [2.45, 2.75) is 41.0 Å². The van der Waals surface area contributed by atoms with Gasteiger partial charge in [0.25, 0.3) is 0 Å². The highest BCUT2D eigenvalue weighted by Gasteiger charge is 2.24. The minimum Gasteiger partial charge on any atom is -0.395 e. The third kappa shape index (κ3) is 10.2. The first-order valence-electron chi connectivity index (χ1n) is 7.38. The fourth-order valence-electron chi connectivity index (χ4n) is 1.86. The molecule has 0 aromatic heterocycles. The molecule has 0 spiro atoms. The highest BCUT2D eigenvalue weighted by Crippen LogP contribution is 2.22. The summed E-state index contributed by atoms with van der Waals surface area (Å²) in [6.07, 6.45) is 0.403. The van der Waals surface area contributed by atoms with E-state index in [0.29, 0.717) is 26.2 Å². The Labute approximate surface area is 123 Å². The van der Waals surface area contributed by atoms with Crippen molar-refractivity contribution in [3.8, 4) is 0 Å². The topological polar surface area (TPSA) is 70.6 Å². The first-order chi connectivity index (χ1) is 9.22. The number of rotatable bonds is 11. The third-order valence-corrected chi connectivity index (χ3v) is 2.91. The van der Waals surface area contributed by atoms with Crippen molar-refractivity contribution in [1.82, 2.24) is 10.6 Å². The summed E-state index contributed by atoms with van der Waals surface area (Å²) in [5.41, 5.74) is -0.112. The summed E-state index contributed by atoms with van der Waals surface area (Å²) in [6.45, 7) is 13.8. The SMILES string of the molecule is CCNCC(C)(C)COCC(C)(C)CC(=O)NCCO. The van der Waals surface area contributed by atoms with Crippen LogP contribution >= 0.6 is 0 Å². The molecular formula is C15H32N2O3. The van der Waals surface area contributed by atoms with Crippen molar-refractivity contribution >= 4 is 5.91 Å². The van der Waals surface area contributed by atoms with Crippen LogP contribution in [0, 0.1) is 10.8 Å². The highest BCUT2D eigenvalue weighted by molar-refractivity contribution is 5.76. The number of carbonyl (C=O) groups excluding carboxylic acids is 1. The van der Waals surface area contributed by atoms with E-state index in [1.54, 1.807) is 0 Å². The molecule has 20 heavy (non-hydrogen) atoms. The summed E-state index contributed by atoms with van der Waals surface area (Å²) < 4.78 is 5.80. The molecule has 5 nitrogen and oxygen atoms in total. The molecule has 0 fully saturated rings. The van der Waals surface area contributed by atoms with Crippen LogP contribution in [0.1, 0.15) is 41.0 Å². The van der Waals surface area contributed by atoms with Crippen molar-refractivity contribution in [1.29, 1.82) is 0 Å². The number of hydrogen-bond acceptors (Lipinski definition) is 4. The maximum absolute atomic E-state index is 11.6. The zero-order valence-corrected chi connectivity index (χ0v) is 13.7. The van der Waals surface area contributed by atoms with E-state index in [4.69, 9.17) is 9.84 Å². The van der Waals surface area contributed by atoms with Crippen molar-refractivity contribution in [3.63, 3.8) is 0 Å². The summed E-state index contributed by atoms with van der Waals surface area (Å²) >= 11 is 0. The van der Waals surface area contributed by atoms with Crippen LogP contribution in [0.4, 0.5) is 0 Å². The molecule has 0 atom stereocenters. The van der Waals surface area contributed by atoms with Crippen LogP contribution in [0.15, 0.2) is 0 Å². The number of hydrogen-bond donors (Lipinski definition) is 3. The molecule has 3 N–H and O–H groups in total. The summed E-state index contributed by atoms with van der Waals surface area (Å²) in [6, 6.07) is 0. The van der Waals surface area contributed by atoms with Crippen LogP contribution in [0.2, 0.25) is 0 Å². The zero-order valence-electron chi connectivity index (χ0n) is 13.7. The van der Waals surface area contributed by atoms with Crippen molar-refractivity contribution < 1.29 is 14.6 Å². The van der Waals surface area contributed by atoms with E-state index in [-0.39, 0.29) is 23.3 Å². The molecule has 0 heterocycles. The maximum Gasteiger partial charge on any atom is 0.220 e. The second-order valence-corrected chi connectivity index (χ2v) is 6.85. The van der Waals surface area contributed by atoms with Gasteiger partial charge in [-0.15, -0.1) is 0 Å². The molecule has 120 valence electrons. The van der Waals surface area contributed by atoms with Gasteiger partial charge in [-0.2, -0.15) is 0 Å². The maximum atomic E-state index is 11.6. The Morgan fingerprint density at radius 1 is 1.15 bits per heavy atom. The number of nitrogens with one attached hydrogen (secondary N) is 2. The van der Waals surface area contributed by atoms with Gasteiger partial charge in [0, 0.05) is 24.9 Å². The van der Waals surface area contributed by atoms with Crippen LogP contribution in [0.25, 0.3) is 0 Å². The molecule has 0 aliphatic rings. The molecule has 0 rings (SSSR count). The number of aliphatic hydroxyl groups is 1. The first-order valence-corrected chi connectivity index (χ1v) is 7.38. The molecule has 0 saturated carbocycles. The Morgan fingerprint density at radius 3 is 2.30 bits per heavy atom. The van der Waals surface area contributed by atoms with Gasteiger partial charge in [-0.25, -0.2) is 0 Å². The Kier molecular flexibility index (Phi) is 9.01. The lowest BCUT2D eigenvalue weighted by Crippen LogP contribution is -2.36. The average molecular weight is 288 g/mol. The Bertz CT molecular complexity index is 278. The Morgan fingerprint density at radius 2 is 1.75 bits per heavy atom. The van der Waals surface area contributed by atoms with Crippen LogP contribution in [0.5, 0.6) is 0 Å². The number of carbonyl (C=O) groups is 1. The predicted octanol–water partition coefficient (Wildman–Crippen LogP) is 1.16. The molecule has 0 aliphatic carbocycles. The summed E-state index contributed by atoms with van der Waals surface area (Å²) in [5.74, 6) is -0.0421. The second-order valence-electron chi connectivity index (χ2n) is 6.85. The number of aliphatic hydroxyl groups excluding tert-OH is 1. The van der Waals surface area contributed by atoms with Gasteiger partial charge in [-0.3, -0.25) is 4.79 Å². The van der Waals surface area contributed by atoms with Gasteiger partial charge in [0.1, 0.15) is 0 Å². The van der Waals surface area contributed by atoms with Crippen molar-refractivity contribution in [2.24, 2.45) is 10.8 Å². The zero-order chi connectivity index (χ0) is 15.6. The van der Waals surface area contributed by atoms with E-state index in [2.05, 4.69) is 31.4 Å². The summed E-state index contributed by atoms with van der Waals surface area (Å²) in [7, 11) is 0. The smallest absolute Gasteiger partial charge is 0.220 e. The molecule has 0 unspecified atom stereocenters. The fourth-order valence-corrected chi connectivity index (χ4v) is 1.86. The van der Waals surface area contributed by atoms with Crippen molar-refractivity contribution in [2.75, 3.05) is 39.5 Å². The van der Waals surface area contributed by atoms with Crippen LogP contribution in [0.3, 0.4) is 0 Å². The second kappa shape index (κ2) is 9.32. The Hall–Kier alpha value is -0.650. The van der Waals surface area contributed by atoms with Crippen LogP contribution < -0.4 is 10.6 Å². The first kappa shape index (κ1) is 19.4. The van der Waals surface area contributed by atoms with Crippen LogP contribution in [-0.4, -0.2) is 50.5 Å². The summed E-state index contributed by atoms with van der Waals surface area (Å²) in [5, 5.41) is 14.7. The van der Waals surface area contributed by atoms with E-state index < -0.39 is 0 Å². The molecule has 0 bridgehead atoms. The Balaban J connectivity index is 3.99. The quantitative estimate of drug-likeness (QED) is 0.534. The van der Waals surface area contributed by atoms with Crippen LogP contribution in [-0.2, 0) is 9.53 Å². The standard InChI is InChI=1S/C15H32N2O3/c1-6-16-10-15(4,5)12-20-11-14(2,3)9-13(19)17-7-8-18/h16,18H,6-12H2,1-5H3,(H,17,19). The van der Waals surface area contributed by atoms with Gasteiger partial charge < -0.3 is 20.5 Å². The van der Waals surface area contributed by atoms with Gasteiger partial charge in [0.2, 0.25) is 5.91 Å². The molecule has 0 aromatic rings. The molecule has 0 saturated heterocycles. The fraction of sp³-hybridized carbons (Fsp3) is 0.933. The monoisotopic (exact) mass is 288 g/mol. The lowest BCUT2D eigenvalue weighted by atomic mass is 9.89. The van der Waals surface area contributed by atoms with Crippen molar-refractivity contribution in [3.05, 3.63) is 0 Å². The van der Waals surface area contributed by atoms with Gasteiger partial charge >= 0.3 is 0 Å². The normalized spacial score (nSPS) is 12.5. The minimum atomic E-state index is -0.201. The molecule has 1 amide bonds. The molecule has 0 aliphatic heterocycles. The van der Waals surface area contributed by atoms with E-state index in [9.17, 15) is 4.79 Å². The van der Waals surface area contributed by atoms with E-state index in [0.717, 1.165) is 13.1 Å². The van der Waals surface area contributed by atoms with E-state index in [1.165, 1.54) is 0 Å². The minimum absolute atomic E-state index is 0.0265. The highest BCUT2D eigenvalue weighted by atomic mass is 16.5. The van der Waals surface area contributed by atoms with Gasteiger partial charge in [0.15, 0.2) is 0 Å². The largest absolute Gasteiger partial charge is 0.395 e. The predicted molar refractivity (Wildman–Crippen MR) is 81.6 cm³/mol. The van der Waals surface area contributed by atoms with Gasteiger partial charge in [0.05, 0.1) is 19.8 Å². The number of amides is 1. The molecule has 0 aromatic carbocycles.